The number of imide groups is 1. The molecule has 2 aromatic rings. The summed E-state index contributed by atoms with van der Waals surface area (Å²) in [6, 6.07) is 12.9. The number of hydrogen-bond donors (Lipinski definition) is 2. The van der Waals surface area contributed by atoms with Gasteiger partial charge in [-0.3, -0.25) is 19.8 Å². The van der Waals surface area contributed by atoms with E-state index in [1.807, 2.05) is 6.07 Å². The Hall–Kier alpha value is -3.39. The third-order valence-electron chi connectivity index (χ3n) is 6.17. The molecule has 0 bridgehead atoms. The third kappa shape index (κ3) is 2.97. The molecule has 2 heterocycles. The number of phenolic OH excluding ortho intramolecular Hbond substituents is 1. The Morgan fingerprint density at radius 3 is 2.52 bits per heavy atom. The first-order chi connectivity index (χ1) is 14.9. The lowest BCUT2D eigenvalue weighted by Gasteiger charge is -2.33. The minimum atomic E-state index is -1.53. The van der Waals surface area contributed by atoms with E-state index in [4.69, 9.17) is 9.47 Å². The molecular weight excluding hydrogens is 400 g/mol. The van der Waals surface area contributed by atoms with Crippen molar-refractivity contribution in [2.24, 2.45) is 11.8 Å². The van der Waals surface area contributed by atoms with Gasteiger partial charge in [-0.1, -0.05) is 36.4 Å². The van der Waals surface area contributed by atoms with Crippen LogP contribution in [0.4, 0.5) is 0 Å². The number of aromatic hydroxyl groups is 1. The monoisotopic (exact) mass is 424 g/mol. The highest BCUT2D eigenvalue weighted by Crippen LogP contribution is 2.53. The van der Waals surface area contributed by atoms with Crippen LogP contribution in [0.1, 0.15) is 24.1 Å². The summed E-state index contributed by atoms with van der Waals surface area (Å²) in [5, 5.41) is 13.3. The number of rotatable bonds is 5. The topological polar surface area (TPSA) is 105 Å². The first-order valence-corrected chi connectivity index (χ1v) is 10.1. The van der Waals surface area contributed by atoms with E-state index in [1.54, 1.807) is 43.3 Å². The van der Waals surface area contributed by atoms with Crippen molar-refractivity contribution in [3.63, 3.8) is 0 Å². The molecule has 2 saturated heterocycles. The van der Waals surface area contributed by atoms with E-state index in [2.05, 4.69) is 5.32 Å². The third-order valence-corrected chi connectivity index (χ3v) is 6.17. The van der Waals surface area contributed by atoms with Gasteiger partial charge in [-0.2, -0.15) is 0 Å². The van der Waals surface area contributed by atoms with Crippen LogP contribution >= 0.6 is 0 Å². The Bertz CT molecular complexity index is 1040. The molecule has 2 aromatic carbocycles. The minimum Gasteiger partial charge on any atom is -0.504 e. The summed E-state index contributed by atoms with van der Waals surface area (Å²) in [6.45, 7) is 1.82. The Kier molecular flexibility index (Phi) is 5.18. The lowest BCUT2D eigenvalue weighted by molar-refractivity contribution is -0.156. The number of hydrogen-bond acceptors (Lipinski definition) is 7. The number of carbonyl (C=O) groups is 3. The molecule has 0 aromatic heterocycles. The number of fused-ring (bicyclic) bond motifs is 1. The average molecular weight is 424 g/mol. The summed E-state index contributed by atoms with van der Waals surface area (Å²) < 4.78 is 10.6. The van der Waals surface area contributed by atoms with Gasteiger partial charge < -0.3 is 14.6 Å². The predicted octanol–water partition coefficient (Wildman–Crippen LogP) is 1.73. The van der Waals surface area contributed by atoms with Crippen LogP contribution in [0.5, 0.6) is 11.5 Å². The van der Waals surface area contributed by atoms with Crippen LogP contribution in [0.25, 0.3) is 0 Å². The van der Waals surface area contributed by atoms with Crippen molar-refractivity contribution in [3.05, 3.63) is 59.7 Å². The molecule has 0 radical (unpaired) electrons. The first-order valence-electron chi connectivity index (χ1n) is 10.1. The first kappa shape index (κ1) is 20.9. The number of nitrogens with zero attached hydrogens (tertiary/aromatic N) is 1. The van der Waals surface area contributed by atoms with E-state index >= 15 is 0 Å². The quantitative estimate of drug-likeness (QED) is 0.556. The highest BCUT2D eigenvalue weighted by Gasteiger charge is 2.69. The normalized spacial score (nSPS) is 27.3. The lowest BCUT2D eigenvalue weighted by atomic mass is 9.75. The highest BCUT2D eigenvalue weighted by atomic mass is 16.5. The molecular formula is C23H24N2O6. The predicted molar refractivity (Wildman–Crippen MR) is 110 cm³/mol. The smallest absolute Gasteiger partial charge is 0.331 e. The molecule has 31 heavy (non-hydrogen) atoms. The van der Waals surface area contributed by atoms with E-state index < -0.39 is 35.3 Å². The number of carbonyl (C=O) groups excluding carboxylic acids is 3. The van der Waals surface area contributed by atoms with Crippen molar-refractivity contribution < 1.29 is 29.0 Å². The molecule has 4 atom stereocenters. The summed E-state index contributed by atoms with van der Waals surface area (Å²) in [5.41, 5.74) is -0.369. The molecule has 4 rings (SSSR count). The van der Waals surface area contributed by atoms with Crippen LogP contribution in [0, 0.1) is 11.8 Å². The molecule has 8 heteroatoms. The number of methoxy groups -OCH3 is 1. The summed E-state index contributed by atoms with van der Waals surface area (Å²) in [6.07, 6.45) is 0. The van der Waals surface area contributed by atoms with Crippen molar-refractivity contribution in [2.75, 3.05) is 20.8 Å². The molecule has 8 nitrogen and oxygen atoms in total. The van der Waals surface area contributed by atoms with Gasteiger partial charge in [0.1, 0.15) is 0 Å². The van der Waals surface area contributed by atoms with Gasteiger partial charge in [0.2, 0.25) is 11.8 Å². The second kappa shape index (κ2) is 7.70. The Morgan fingerprint density at radius 1 is 1.16 bits per heavy atom. The fraction of sp³-hybridized carbons (Fsp3) is 0.348. The Balaban J connectivity index is 1.93. The molecule has 0 aliphatic carbocycles. The van der Waals surface area contributed by atoms with Gasteiger partial charge in [0.05, 0.1) is 25.6 Å². The van der Waals surface area contributed by atoms with Gasteiger partial charge in [0, 0.05) is 13.1 Å². The van der Waals surface area contributed by atoms with Gasteiger partial charge in [0.25, 0.3) is 0 Å². The summed E-state index contributed by atoms with van der Waals surface area (Å²) in [5.74, 6) is -3.04. The number of amides is 2. The van der Waals surface area contributed by atoms with E-state index in [9.17, 15) is 19.5 Å². The zero-order valence-corrected chi connectivity index (χ0v) is 17.5. The van der Waals surface area contributed by atoms with Gasteiger partial charge in [0.15, 0.2) is 17.0 Å². The minimum absolute atomic E-state index is 0.0496. The maximum absolute atomic E-state index is 13.4. The molecule has 2 amide bonds. The molecule has 162 valence electrons. The average Bonchev–Trinajstić information content (AvgIpc) is 3.25. The van der Waals surface area contributed by atoms with Gasteiger partial charge in [-0.25, -0.2) is 4.79 Å². The van der Waals surface area contributed by atoms with E-state index in [1.165, 1.54) is 20.2 Å². The molecule has 0 spiro atoms. The molecule has 2 fully saturated rings. The molecule has 0 unspecified atom stereocenters. The van der Waals surface area contributed by atoms with Crippen molar-refractivity contribution in [1.82, 2.24) is 10.2 Å². The summed E-state index contributed by atoms with van der Waals surface area (Å²) in [7, 11) is 2.85. The molecule has 2 aliphatic rings. The number of phenols is 1. The van der Waals surface area contributed by atoms with Crippen LogP contribution in [-0.2, 0) is 24.7 Å². The summed E-state index contributed by atoms with van der Waals surface area (Å²) in [4.78, 5) is 40.8. The Morgan fingerprint density at radius 2 is 1.87 bits per heavy atom. The number of ether oxygens (including phenoxy) is 2. The van der Waals surface area contributed by atoms with Crippen LogP contribution in [0.2, 0.25) is 0 Å². The fourth-order valence-electron chi connectivity index (χ4n) is 4.74. The number of nitrogens with one attached hydrogen (secondary N) is 1. The number of likely N-dealkylation sites (tertiary alicyclic amines) is 1. The fourth-order valence-corrected chi connectivity index (χ4v) is 4.74. The molecule has 0 saturated carbocycles. The van der Waals surface area contributed by atoms with Crippen LogP contribution < -0.4 is 10.1 Å². The second-order valence-electron chi connectivity index (χ2n) is 7.69. The maximum Gasteiger partial charge on any atom is 0.331 e. The lowest BCUT2D eigenvalue weighted by Crippen LogP contribution is -2.53. The SMILES string of the molecule is CCOC(=O)[C@@]1(c2ccccc2)N[C@@H](c2ccc(O)c(OC)c2)[C@H]2C(=O)N(C)C(=O)[C@@H]21. The standard InChI is InChI=1S/C23H24N2O6/c1-4-31-22(29)23(14-8-6-5-7-9-14)18-17(20(27)25(2)21(18)28)19(24-23)13-10-11-15(26)16(12-13)30-3/h5-12,17-19,24,26H,4H2,1-3H3/t17-,18+,19-,23-/m0/s1. The second-order valence-corrected chi connectivity index (χ2v) is 7.69. The number of benzene rings is 2. The summed E-state index contributed by atoms with van der Waals surface area (Å²) >= 11 is 0. The van der Waals surface area contributed by atoms with Crippen molar-refractivity contribution in [2.45, 2.75) is 18.5 Å². The largest absolute Gasteiger partial charge is 0.504 e. The van der Waals surface area contributed by atoms with Crippen molar-refractivity contribution >= 4 is 17.8 Å². The van der Waals surface area contributed by atoms with Crippen molar-refractivity contribution in [1.29, 1.82) is 0 Å². The van der Waals surface area contributed by atoms with Crippen LogP contribution in [0.15, 0.2) is 48.5 Å². The highest BCUT2D eigenvalue weighted by molar-refractivity contribution is 6.09. The van der Waals surface area contributed by atoms with Gasteiger partial charge >= 0.3 is 5.97 Å². The number of esters is 1. The Labute approximate surface area is 179 Å². The molecule has 2 N–H and O–H groups in total. The van der Waals surface area contributed by atoms with Gasteiger partial charge in [-0.15, -0.1) is 0 Å². The van der Waals surface area contributed by atoms with E-state index in [0.717, 1.165) is 4.90 Å². The zero-order valence-electron chi connectivity index (χ0n) is 17.5. The van der Waals surface area contributed by atoms with Crippen LogP contribution in [-0.4, -0.2) is 48.6 Å². The van der Waals surface area contributed by atoms with E-state index in [-0.39, 0.29) is 24.0 Å². The zero-order chi connectivity index (χ0) is 22.3. The van der Waals surface area contributed by atoms with E-state index in [0.29, 0.717) is 11.1 Å². The maximum atomic E-state index is 13.4. The van der Waals surface area contributed by atoms with Crippen LogP contribution in [0.3, 0.4) is 0 Å². The molecule has 2 aliphatic heterocycles. The van der Waals surface area contributed by atoms with Gasteiger partial charge in [-0.05, 0) is 30.2 Å². The van der Waals surface area contributed by atoms with Crippen molar-refractivity contribution in [3.8, 4) is 11.5 Å².